The van der Waals surface area contributed by atoms with Gasteiger partial charge >= 0.3 is 6.09 Å². The van der Waals surface area contributed by atoms with Crippen molar-refractivity contribution in [3.63, 3.8) is 0 Å². The molecule has 3 N–H and O–H groups in total. The first-order valence-electron chi connectivity index (χ1n) is 9.18. The van der Waals surface area contributed by atoms with Crippen LogP contribution in [0.1, 0.15) is 39.0 Å². The van der Waals surface area contributed by atoms with Crippen molar-refractivity contribution in [1.29, 1.82) is 0 Å². The van der Waals surface area contributed by atoms with Crippen LogP contribution in [-0.2, 0) is 27.2 Å². The van der Waals surface area contributed by atoms with Gasteiger partial charge < -0.3 is 20.7 Å². The number of hydrogen-bond donors (Lipinski definition) is 3. The Morgan fingerprint density at radius 1 is 1.07 bits per heavy atom. The number of anilines is 2. The molecule has 2 rings (SSSR count). The van der Waals surface area contributed by atoms with Crippen LogP contribution in [0.3, 0.4) is 0 Å². The summed E-state index contributed by atoms with van der Waals surface area (Å²) in [6, 6.07) is 7.48. The summed E-state index contributed by atoms with van der Waals surface area (Å²) in [5.41, 5.74) is 2.06. The number of rotatable bonds is 7. The number of alkyl carbamates (subject to hydrolysis) is 1. The molecule has 0 spiro atoms. The molecule has 0 atom stereocenters. The zero-order valence-corrected chi connectivity index (χ0v) is 17.8. The van der Waals surface area contributed by atoms with Crippen LogP contribution in [-0.4, -0.2) is 35.0 Å². The van der Waals surface area contributed by atoms with Crippen LogP contribution in [0.15, 0.2) is 29.6 Å². The van der Waals surface area contributed by atoms with Gasteiger partial charge in [0.2, 0.25) is 11.8 Å². The van der Waals surface area contributed by atoms with Gasteiger partial charge in [0.05, 0.1) is 5.69 Å². The highest BCUT2D eigenvalue weighted by Gasteiger charge is 2.16. The fourth-order valence-electron chi connectivity index (χ4n) is 2.33. The molecule has 0 unspecified atom stereocenters. The Morgan fingerprint density at radius 2 is 1.76 bits per heavy atom. The zero-order chi connectivity index (χ0) is 21.4. The summed E-state index contributed by atoms with van der Waals surface area (Å²) in [5, 5.41) is 10.3. The maximum absolute atomic E-state index is 11.9. The maximum atomic E-state index is 11.9. The lowest BCUT2D eigenvalue weighted by Gasteiger charge is -2.19. The van der Waals surface area contributed by atoms with E-state index in [0.717, 1.165) is 24.1 Å². The van der Waals surface area contributed by atoms with E-state index < -0.39 is 11.7 Å². The second kappa shape index (κ2) is 10.0. The molecule has 0 saturated carbocycles. The Balaban J connectivity index is 1.76. The fraction of sp³-hybridized carbons (Fsp3) is 0.400. The number of amides is 3. The lowest BCUT2D eigenvalue weighted by atomic mass is 10.1. The molecule has 156 valence electrons. The molecule has 0 radical (unpaired) electrons. The molecule has 29 heavy (non-hydrogen) atoms. The van der Waals surface area contributed by atoms with Gasteiger partial charge in [0, 0.05) is 18.0 Å². The van der Waals surface area contributed by atoms with E-state index in [1.807, 2.05) is 29.6 Å². The molecule has 0 aliphatic heterocycles. The van der Waals surface area contributed by atoms with Crippen molar-refractivity contribution in [1.82, 2.24) is 10.3 Å². The van der Waals surface area contributed by atoms with Gasteiger partial charge in [-0.1, -0.05) is 12.1 Å². The SMILES string of the molecule is CC(=O)Nc1nc(CCc2ccc(NC(=O)CNC(=O)OC(C)(C)C)cc2)cs1. The van der Waals surface area contributed by atoms with E-state index in [9.17, 15) is 14.4 Å². The topological polar surface area (TPSA) is 109 Å². The van der Waals surface area contributed by atoms with E-state index in [1.54, 1.807) is 20.8 Å². The van der Waals surface area contributed by atoms with Gasteiger partial charge in [-0.3, -0.25) is 9.59 Å². The van der Waals surface area contributed by atoms with Crippen molar-refractivity contribution in [3.8, 4) is 0 Å². The molecule has 0 saturated heterocycles. The van der Waals surface area contributed by atoms with E-state index in [0.29, 0.717) is 10.8 Å². The van der Waals surface area contributed by atoms with E-state index in [2.05, 4.69) is 20.9 Å². The predicted octanol–water partition coefficient (Wildman–Crippen LogP) is 3.35. The minimum Gasteiger partial charge on any atom is -0.444 e. The number of nitrogens with zero attached hydrogens (tertiary/aromatic N) is 1. The molecule has 1 aromatic heterocycles. The van der Waals surface area contributed by atoms with E-state index in [-0.39, 0.29) is 18.4 Å². The smallest absolute Gasteiger partial charge is 0.408 e. The van der Waals surface area contributed by atoms with Crippen LogP contribution >= 0.6 is 11.3 Å². The standard InChI is InChI=1S/C20H26N4O4S/c1-13(25)22-18-24-16(12-29-18)10-7-14-5-8-15(9-6-14)23-17(26)11-21-19(27)28-20(2,3)4/h5-6,8-9,12H,7,10-11H2,1-4H3,(H,21,27)(H,23,26)(H,22,24,25). The van der Waals surface area contributed by atoms with Crippen LogP contribution < -0.4 is 16.0 Å². The number of hydrogen-bond acceptors (Lipinski definition) is 6. The normalized spacial score (nSPS) is 10.9. The Morgan fingerprint density at radius 3 is 2.38 bits per heavy atom. The average Bonchev–Trinajstić information content (AvgIpc) is 3.04. The van der Waals surface area contributed by atoms with Crippen molar-refractivity contribution in [2.75, 3.05) is 17.2 Å². The number of nitrogens with one attached hydrogen (secondary N) is 3. The summed E-state index contributed by atoms with van der Waals surface area (Å²) in [4.78, 5) is 38.9. The summed E-state index contributed by atoms with van der Waals surface area (Å²) in [5.74, 6) is -0.471. The highest BCUT2D eigenvalue weighted by atomic mass is 32.1. The van der Waals surface area contributed by atoms with E-state index >= 15 is 0 Å². The summed E-state index contributed by atoms with van der Waals surface area (Å²) in [6.45, 7) is 6.55. The third kappa shape index (κ3) is 8.73. The maximum Gasteiger partial charge on any atom is 0.408 e. The quantitative estimate of drug-likeness (QED) is 0.639. The first kappa shape index (κ1) is 22.4. The average molecular weight is 419 g/mol. The Labute approximate surface area is 174 Å². The zero-order valence-electron chi connectivity index (χ0n) is 17.0. The number of benzene rings is 1. The van der Waals surface area contributed by atoms with Crippen LogP contribution in [0, 0.1) is 0 Å². The summed E-state index contributed by atoms with van der Waals surface area (Å²) in [7, 11) is 0. The van der Waals surface area contributed by atoms with Gasteiger partial charge in [-0.25, -0.2) is 9.78 Å². The van der Waals surface area contributed by atoms with Gasteiger partial charge in [-0.15, -0.1) is 11.3 Å². The molecule has 9 heteroatoms. The fourth-order valence-corrected chi connectivity index (χ4v) is 3.12. The van der Waals surface area contributed by atoms with Crippen molar-refractivity contribution < 1.29 is 19.1 Å². The van der Waals surface area contributed by atoms with E-state index in [4.69, 9.17) is 4.74 Å². The Bertz CT molecular complexity index is 856. The first-order chi connectivity index (χ1) is 13.6. The summed E-state index contributed by atoms with van der Waals surface area (Å²) >= 11 is 1.40. The van der Waals surface area contributed by atoms with Crippen molar-refractivity contribution in [2.24, 2.45) is 0 Å². The molecule has 0 fully saturated rings. The monoisotopic (exact) mass is 418 g/mol. The van der Waals surface area contributed by atoms with Crippen LogP contribution in [0.5, 0.6) is 0 Å². The molecule has 8 nitrogen and oxygen atoms in total. The number of carbonyl (C=O) groups is 3. The predicted molar refractivity (Wildman–Crippen MR) is 113 cm³/mol. The molecule has 0 aliphatic rings. The number of thiazole rings is 1. The second-order valence-electron chi connectivity index (χ2n) is 7.43. The molecular weight excluding hydrogens is 392 g/mol. The first-order valence-corrected chi connectivity index (χ1v) is 10.1. The Hall–Kier alpha value is -2.94. The Kier molecular flexibility index (Phi) is 7.72. The van der Waals surface area contributed by atoms with Crippen molar-refractivity contribution in [2.45, 2.75) is 46.1 Å². The van der Waals surface area contributed by atoms with Gasteiger partial charge in [-0.05, 0) is 51.3 Å². The number of ether oxygens (including phenoxy) is 1. The third-order valence-electron chi connectivity index (χ3n) is 3.53. The minimum atomic E-state index is -0.633. The summed E-state index contributed by atoms with van der Waals surface area (Å²) in [6.07, 6.45) is 0.908. The third-order valence-corrected chi connectivity index (χ3v) is 4.34. The molecule has 1 heterocycles. The van der Waals surface area contributed by atoms with Gasteiger partial charge in [0.15, 0.2) is 5.13 Å². The molecule has 1 aromatic carbocycles. The van der Waals surface area contributed by atoms with Crippen LogP contribution in [0.25, 0.3) is 0 Å². The molecule has 0 bridgehead atoms. The van der Waals surface area contributed by atoms with Gasteiger partial charge in [-0.2, -0.15) is 0 Å². The van der Waals surface area contributed by atoms with Gasteiger partial charge in [0.1, 0.15) is 12.1 Å². The van der Waals surface area contributed by atoms with Crippen LogP contribution in [0.2, 0.25) is 0 Å². The molecule has 0 aliphatic carbocycles. The number of aryl methyl sites for hydroxylation is 2. The highest BCUT2D eigenvalue weighted by Crippen LogP contribution is 2.17. The second-order valence-corrected chi connectivity index (χ2v) is 8.28. The summed E-state index contributed by atoms with van der Waals surface area (Å²) < 4.78 is 5.08. The van der Waals surface area contributed by atoms with Crippen molar-refractivity contribution in [3.05, 3.63) is 40.9 Å². The largest absolute Gasteiger partial charge is 0.444 e. The molecule has 2 aromatic rings. The van der Waals surface area contributed by atoms with Gasteiger partial charge in [0.25, 0.3) is 0 Å². The number of aromatic nitrogens is 1. The molecular formula is C20H26N4O4S. The van der Waals surface area contributed by atoms with E-state index in [1.165, 1.54) is 18.3 Å². The molecule has 3 amide bonds. The number of carbonyl (C=O) groups excluding carboxylic acids is 3. The van der Waals surface area contributed by atoms with Crippen LogP contribution in [0.4, 0.5) is 15.6 Å². The lowest BCUT2D eigenvalue weighted by Crippen LogP contribution is -2.37. The lowest BCUT2D eigenvalue weighted by molar-refractivity contribution is -0.115. The minimum absolute atomic E-state index is 0.134. The highest BCUT2D eigenvalue weighted by molar-refractivity contribution is 7.13. The van der Waals surface area contributed by atoms with Crippen molar-refractivity contribution >= 4 is 40.1 Å².